The van der Waals surface area contributed by atoms with Crippen LogP contribution >= 0.6 is 11.3 Å². The minimum atomic E-state index is -0.0924. The van der Waals surface area contributed by atoms with Crippen LogP contribution < -0.4 is 9.47 Å². The molecule has 7 heteroatoms. The van der Waals surface area contributed by atoms with E-state index < -0.39 is 0 Å². The van der Waals surface area contributed by atoms with Crippen molar-refractivity contribution in [1.82, 2.24) is 9.80 Å². The molecule has 1 aromatic heterocycles. The molecule has 0 N–H and O–H groups in total. The minimum Gasteiger partial charge on any atom is -0.493 e. The lowest BCUT2D eigenvalue weighted by Crippen LogP contribution is -2.45. The van der Waals surface area contributed by atoms with Gasteiger partial charge in [-0.25, -0.2) is 0 Å². The monoisotopic (exact) mass is 432 g/mol. The molecule has 0 radical (unpaired) electrons. The summed E-state index contributed by atoms with van der Waals surface area (Å²) in [7, 11) is 3.22. The quantitative estimate of drug-likeness (QED) is 0.571. The molecule has 2 aromatic rings. The highest BCUT2D eigenvalue weighted by Gasteiger charge is 2.22. The van der Waals surface area contributed by atoms with Crippen LogP contribution in [-0.4, -0.2) is 55.0 Å². The number of amides is 2. The first-order valence-corrected chi connectivity index (χ1v) is 10.9. The highest BCUT2D eigenvalue weighted by atomic mass is 32.1. The van der Waals surface area contributed by atoms with Crippen LogP contribution in [0.15, 0.2) is 30.3 Å². The van der Waals surface area contributed by atoms with Gasteiger partial charge in [0.25, 0.3) is 0 Å². The van der Waals surface area contributed by atoms with E-state index in [0.29, 0.717) is 31.0 Å². The first-order chi connectivity index (χ1) is 14.2. The Hall–Kier alpha value is -2.54. The fourth-order valence-electron chi connectivity index (χ4n) is 3.25. The fraction of sp³-hybridized carbons (Fsp3) is 0.478. The molecule has 0 aliphatic carbocycles. The Labute approximate surface area is 183 Å². The van der Waals surface area contributed by atoms with Crippen LogP contribution in [0.3, 0.4) is 0 Å². The summed E-state index contributed by atoms with van der Waals surface area (Å²) in [5.41, 5.74) is 1.06. The number of methoxy groups -OCH3 is 2. The number of thiophene rings is 1. The van der Waals surface area contributed by atoms with Crippen molar-refractivity contribution in [2.24, 2.45) is 0 Å². The number of carbonyl (C=O) groups excluding carboxylic acids is 2. The maximum Gasteiger partial charge on any atom is 0.242 e. The average molecular weight is 433 g/mol. The first kappa shape index (κ1) is 23.7. The van der Waals surface area contributed by atoms with Crippen LogP contribution in [0.1, 0.15) is 36.1 Å². The van der Waals surface area contributed by atoms with E-state index in [1.54, 1.807) is 30.5 Å². The zero-order valence-electron chi connectivity index (χ0n) is 18.7. The van der Waals surface area contributed by atoms with Gasteiger partial charge in [-0.3, -0.25) is 9.59 Å². The van der Waals surface area contributed by atoms with Crippen LogP contribution in [0, 0.1) is 6.92 Å². The summed E-state index contributed by atoms with van der Waals surface area (Å²) in [5.74, 6) is 1.21. The van der Waals surface area contributed by atoms with Gasteiger partial charge in [-0.05, 0) is 57.0 Å². The van der Waals surface area contributed by atoms with Gasteiger partial charge in [-0.2, -0.15) is 0 Å². The molecule has 0 spiro atoms. The van der Waals surface area contributed by atoms with Gasteiger partial charge in [-0.15, -0.1) is 11.3 Å². The summed E-state index contributed by atoms with van der Waals surface area (Å²) in [6, 6.07) is 9.89. The Bertz CT molecular complexity index is 863. The molecule has 0 saturated carbocycles. The normalized spacial score (nSPS) is 10.8. The smallest absolute Gasteiger partial charge is 0.242 e. The van der Waals surface area contributed by atoms with Gasteiger partial charge in [0.1, 0.15) is 0 Å². The van der Waals surface area contributed by atoms with Crippen LogP contribution in [0.2, 0.25) is 0 Å². The molecule has 2 rings (SSSR count). The maximum absolute atomic E-state index is 13.1. The van der Waals surface area contributed by atoms with E-state index in [1.807, 2.05) is 36.9 Å². The number of rotatable bonds is 10. The molecule has 164 valence electrons. The zero-order chi connectivity index (χ0) is 22.3. The van der Waals surface area contributed by atoms with Crippen LogP contribution in [0.4, 0.5) is 0 Å². The van der Waals surface area contributed by atoms with Crippen molar-refractivity contribution >= 4 is 23.2 Å². The minimum absolute atomic E-state index is 0.0249. The van der Waals surface area contributed by atoms with Crippen molar-refractivity contribution in [1.29, 1.82) is 0 Å². The molecular weight excluding hydrogens is 400 g/mol. The van der Waals surface area contributed by atoms with Gasteiger partial charge in [0.15, 0.2) is 11.5 Å². The lowest BCUT2D eigenvalue weighted by Gasteiger charge is -2.29. The number of aryl methyl sites for hydroxylation is 1. The lowest BCUT2D eigenvalue weighted by molar-refractivity contribution is -0.141. The lowest BCUT2D eigenvalue weighted by atomic mass is 10.1. The number of ether oxygens (including phenoxy) is 2. The topological polar surface area (TPSA) is 59.1 Å². The van der Waals surface area contributed by atoms with Gasteiger partial charge in [0.05, 0.1) is 27.3 Å². The average Bonchev–Trinajstić information content (AvgIpc) is 3.12. The van der Waals surface area contributed by atoms with E-state index >= 15 is 0 Å². The van der Waals surface area contributed by atoms with E-state index in [4.69, 9.17) is 9.47 Å². The molecular formula is C23H32N2O4S. The molecule has 0 atom stereocenters. The van der Waals surface area contributed by atoms with Gasteiger partial charge >= 0.3 is 0 Å². The summed E-state index contributed by atoms with van der Waals surface area (Å²) >= 11 is 1.69. The molecule has 6 nitrogen and oxygen atoms in total. The summed E-state index contributed by atoms with van der Waals surface area (Å²) in [6.45, 7) is 8.58. The van der Waals surface area contributed by atoms with Crippen molar-refractivity contribution < 1.29 is 19.1 Å². The Morgan fingerprint density at radius 2 is 1.77 bits per heavy atom. The fourth-order valence-corrected chi connectivity index (χ4v) is 4.16. The van der Waals surface area contributed by atoms with Crippen molar-refractivity contribution in [3.8, 4) is 11.5 Å². The van der Waals surface area contributed by atoms with Crippen LogP contribution in [0.25, 0.3) is 0 Å². The molecule has 0 fully saturated rings. The molecule has 0 bridgehead atoms. The van der Waals surface area contributed by atoms with E-state index in [9.17, 15) is 9.59 Å². The second-order valence-electron chi connectivity index (χ2n) is 7.51. The molecule has 1 aromatic carbocycles. The Balaban J connectivity index is 2.16. The SMILES string of the molecule is COc1ccc(CCN(Cc2ccc(C)s2)C(=O)CN(C(C)=O)C(C)C)cc1OC. The van der Waals surface area contributed by atoms with Crippen molar-refractivity contribution in [3.63, 3.8) is 0 Å². The Kier molecular flexibility index (Phi) is 8.72. The summed E-state index contributed by atoms with van der Waals surface area (Å²) in [4.78, 5) is 30.8. The second kappa shape index (κ2) is 11.0. The Morgan fingerprint density at radius 1 is 1.07 bits per heavy atom. The summed E-state index contributed by atoms with van der Waals surface area (Å²) in [5, 5.41) is 0. The number of hydrogen-bond donors (Lipinski definition) is 0. The maximum atomic E-state index is 13.1. The zero-order valence-corrected chi connectivity index (χ0v) is 19.5. The molecule has 30 heavy (non-hydrogen) atoms. The van der Waals surface area contributed by atoms with Gasteiger partial charge < -0.3 is 19.3 Å². The van der Waals surface area contributed by atoms with Gasteiger partial charge in [0, 0.05) is 29.3 Å². The predicted octanol–water partition coefficient (Wildman–Crippen LogP) is 3.90. The van der Waals surface area contributed by atoms with Gasteiger partial charge in [-0.1, -0.05) is 6.07 Å². The number of hydrogen-bond acceptors (Lipinski definition) is 5. The van der Waals surface area contributed by atoms with E-state index in [-0.39, 0.29) is 24.4 Å². The molecule has 0 unspecified atom stereocenters. The summed E-state index contributed by atoms with van der Waals surface area (Å²) in [6.07, 6.45) is 0.679. The molecule has 2 amide bonds. The Morgan fingerprint density at radius 3 is 2.30 bits per heavy atom. The second-order valence-corrected chi connectivity index (χ2v) is 8.88. The third kappa shape index (κ3) is 6.49. The third-order valence-electron chi connectivity index (χ3n) is 4.95. The van der Waals surface area contributed by atoms with Gasteiger partial charge in [0.2, 0.25) is 11.8 Å². The highest BCUT2D eigenvalue weighted by Crippen LogP contribution is 2.28. The van der Waals surface area contributed by atoms with Crippen LogP contribution in [0.5, 0.6) is 11.5 Å². The standard InChI is InChI=1S/C23H32N2O4S/c1-16(2)25(18(4)26)15-23(27)24(14-20-9-7-17(3)30-20)12-11-19-8-10-21(28-5)22(13-19)29-6/h7-10,13,16H,11-12,14-15H2,1-6H3. The molecule has 0 saturated heterocycles. The number of carbonyl (C=O) groups is 2. The molecule has 0 aliphatic heterocycles. The molecule has 0 aliphatic rings. The van der Waals surface area contributed by atoms with Crippen molar-refractivity contribution in [3.05, 3.63) is 45.6 Å². The van der Waals surface area contributed by atoms with Crippen molar-refractivity contribution in [2.75, 3.05) is 27.3 Å². The predicted molar refractivity (Wildman–Crippen MR) is 120 cm³/mol. The highest BCUT2D eigenvalue weighted by molar-refractivity contribution is 7.11. The van der Waals surface area contributed by atoms with E-state index in [2.05, 4.69) is 19.1 Å². The summed E-state index contributed by atoms with van der Waals surface area (Å²) < 4.78 is 10.7. The number of nitrogens with zero attached hydrogens (tertiary/aromatic N) is 2. The largest absolute Gasteiger partial charge is 0.493 e. The van der Waals surface area contributed by atoms with Crippen LogP contribution in [-0.2, 0) is 22.6 Å². The third-order valence-corrected chi connectivity index (χ3v) is 5.93. The first-order valence-electron chi connectivity index (χ1n) is 10.1. The number of benzene rings is 1. The van der Waals surface area contributed by atoms with E-state index in [0.717, 1.165) is 10.4 Å². The molecule has 1 heterocycles. The van der Waals surface area contributed by atoms with E-state index in [1.165, 1.54) is 11.8 Å². The van der Waals surface area contributed by atoms with Crippen molar-refractivity contribution in [2.45, 2.75) is 46.7 Å².